The van der Waals surface area contributed by atoms with Crippen LogP contribution in [0.5, 0.6) is 5.75 Å². The molecule has 0 atom stereocenters. The van der Waals surface area contributed by atoms with Gasteiger partial charge < -0.3 is 15.4 Å². The van der Waals surface area contributed by atoms with E-state index in [0.29, 0.717) is 16.4 Å². The van der Waals surface area contributed by atoms with Crippen molar-refractivity contribution in [1.29, 1.82) is 0 Å². The van der Waals surface area contributed by atoms with Crippen molar-refractivity contribution < 1.29 is 14.3 Å². The Morgan fingerprint density at radius 2 is 1.86 bits per heavy atom. The number of methoxy groups -OCH3 is 1. The zero-order valence-electron chi connectivity index (χ0n) is 11.8. The van der Waals surface area contributed by atoms with Crippen LogP contribution in [0.15, 0.2) is 36.4 Å². The van der Waals surface area contributed by atoms with Crippen LogP contribution in [0.4, 0.5) is 5.00 Å². The van der Waals surface area contributed by atoms with Crippen molar-refractivity contribution in [3.05, 3.63) is 46.8 Å². The first kappa shape index (κ1) is 15.1. The van der Waals surface area contributed by atoms with Gasteiger partial charge in [-0.25, -0.2) is 0 Å². The molecular weight excluding hydrogens is 288 g/mol. The fourth-order valence-corrected chi connectivity index (χ4v) is 2.58. The quantitative estimate of drug-likeness (QED) is 0.892. The molecule has 0 saturated carbocycles. The smallest absolute Gasteiger partial charge is 0.261 e. The summed E-state index contributed by atoms with van der Waals surface area (Å²) >= 11 is 1.25. The van der Waals surface area contributed by atoms with E-state index in [1.807, 2.05) is 24.3 Å². The van der Waals surface area contributed by atoms with Crippen LogP contribution in [0.2, 0.25) is 0 Å². The molecule has 0 unspecified atom stereocenters. The Bertz CT molecular complexity index is 635. The van der Waals surface area contributed by atoms with Gasteiger partial charge in [0, 0.05) is 13.5 Å². The lowest BCUT2D eigenvalue weighted by atomic mass is 10.2. The molecule has 2 amide bonds. The summed E-state index contributed by atoms with van der Waals surface area (Å²) in [6.07, 6.45) is 0. The Balaban J connectivity index is 1.91. The first-order valence-corrected chi connectivity index (χ1v) is 7.18. The van der Waals surface area contributed by atoms with E-state index in [9.17, 15) is 9.59 Å². The summed E-state index contributed by atoms with van der Waals surface area (Å²) in [6, 6.07) is 10.9. The maximum absolute atomic E-state index is 12.0. The predicted molar refractivity (Wildman–Crippen MR) is 82.8 cm³/mol. The zero-order valence-corrected chi connectivity index (χ0v) is 12.6. The first-order chi connectivity index (χ1) is 10.1. The van der Waals surface area contributed by atoms with Crippen molar-refractivity contribution in [1.82, 2.24) is 5.32 Å². The van der Waals surface area contributed by atoms with Gasteiger partial charge in [0.05, 0.1) is 17.0 Å². The summed E-state index contributed by atoms with van der Waals surface area (Å²) in [5, 5.41) is 6.15. The average Bonchev–Trinajstić information content (AvgIpc) is 2.93. The molecule has 6 heteroatoms. The maximum atomic E-state index is 12.0. The van der Waals surface area contributed by atoms with Gasteiger partial charge in [-0.1, -0.05) is 12.1 Å². The summed E-state index contributed by atoms with van der Waals surface area (Å²) in [6.45, 7) is 1.87. The number of benzene rings is 1. The van der Waals surface area contributed by atoms with Crippen LogP contribution in [-0.4, -0.2) is 18.9 Å². The molecule has 0 saturated heterocycles. The van der Waals surface area contributed by atoms with E-state index in [1.54, 1.807) is 19.2 Å². The highest BCUT2D eigenvalue weighted by molar-refractivity contribution is 7.18. The lowest BCUT2D eigenvalue weighted by molar-refractivity contribution is -0.114. The van der Waals surface area contributed by atoms with E-state index < -0.39 is 0 Å². The third kappa shape index (κ3) is 4.32. The highest BCUT2D eigenvalue weighted by Crippen LogP contribution is 2.21. The van der Waals surface area contributed by atoms with Crippen LogP contribution in [0.1, 0.15) is 22.2 Å². The predicted octanol–water partition coefficient (Wildman–Crippen LogP) is 2.65. The van der Waals surface area contributed by atoms with Gasteiger partial charge in [0.2, 0.25) is 5.91 Å². The minimum absolute atomic E-state index is 0.151. The Morgan fingerprint density at radius 1 is 1.14 bits per heavy atom. The largest absolute Gasteiger partial charge is 0.497 e. The highest BCUT2D eigenvalue weighted by atomic mass is 32.1. The number of hydrogen-bond donors (Lipinski definition) is 2. The zero-order chi connectivity index (χ0) is 15.2. The second-order valence-electron chi connectivity index (χ2n) is 4.38. The van der Waals surface area contributed by atoms with E-state index in [0.717, 1.165) is 11.3 Å². The second kappa shape index (κ2) is 6.90. The molecule has 0 aliphatic carbocycles. The molecule has 0 aliphatic rings. The number of carbonyl (C=O) groups is 2. The van der Waals surface area contributed by atoms with Crippen LogP contribution in [0, 0.1) is 0 Å². The fourth-order valence-electron chi connectivity index (χ4n) is 1.71. The molecule has 0 aliphatic heterocycles. The number of carbonyl (C=O) groups excluding carboxylic acids is 2. The van der Waals surface area contributed by atoms with Crippen molar-refractivity contribution in [3.8, 4) is 5.75 Å². The lowest BCUT2D eigenvalue weighted by Crippen LogP contribution is -2.21. The molecule has 0 radical (unpaired) electrons. The van der Waals surface area contributed by atoms with Crippen LogP contribution < -0.4 is 15.4 Å². The van der Waals surface area contributed by atoms with Crippen molar-refractivity contribution in [2.24, 2.45) is 0 Å². The molecule has 2 rings (SSSR count). The summed E-state index contributed by atoms with van der Waals surface area (Å²) in [5.74, 6) is 0.470. The van der Waals surface area contributed by atoms with Gasteiger partial charge in [-0.05, 0) is 29.8 Å². The van der Waals surface area contributed by atoms with Crippen LogP contribution in [-0.2, 0) is 11.3 Å². The van der Waals surface area contributed by atoms with Crippen molar-refractivity contribution in [2.45, 2.75) is 13.5 Å². The molecule has 1 aromatic heterocycles. The topological polar surface area (TPSA) is 67.4 Å². The molecule has 2 aromatic rings. The molecule has 1 heterocycles. The van der Waals surface area contributed by atoms with Gasteiger partial charge in [-0.15, -0.1) is 11.3 Å². The Kier molecular flexibility index (Phi) is 4.94. The van der Waals surface area contributed by atoms with E-state index in [-0.39, 0.29) is 11.8 Å². The Labute approximate surface area is 126 Å². The van der Waals surface area contributed by atoms with Gasteiger partial charge >= 0.3 is 0 Å². The number of ether oxygens (including phenoxy) is 1. The SMILES string of the molecule is COc1ccc(CNC(=O)c2ccc(NC(C)=O)s2)cc1. The molecule has 0 fully saturated rings. The van der Waals surface area contributed by atoms with Gasteiger partial charge in [0.25, 0.3) is 5.91 Å². The van der Waals surface area contributed by atoms with E-state index in [1.165, 1.54) is 18.3 Å². The number of nitrogens with one attached hydrogen (secondary N) is 2. The summed E-state index contributed by atoms with van der Waals surface area (Å²) in [4.78, 5) is 23.5. The number of rotatable bonds is 5. The number of thiophene rings is 1. The van der Waals surface area contributed by atoms with Gasteiger partial charge in [0.1, 0.15) is 5.75 Å². The summed E-state index contributed by atoms with van der Waals surface area (Å²) in [7, 11) is 1.61. The Hall–Kier alpha value is -2.34. The number of hydrogen-bond acceptors (Lipinski definition) is 4. The highest BCUT2D eigenvalue weighted by Gasteiger charge is 2.09. The summed E-state index contributed by atoms with van der Waals surface area (Å²) < 4.78 is 5.08. The van der Waals surface area contributed by atoms with Gasteiger partial charge in [-0.2, -0.15) is 0 Å². The molecule has 2 N–H and O–H groups in total. The van der Waals surface area contributed by atoms with E-state index in [4.69, 9.17) is 4.74 Å². The third-order valence-electron chi connectivity index (χ3n) is 2.74. The maximum Gasteiger partial charge on any atom is 0.261 e. The van der Waals surface area contributed by atoms with Crippen LogP contribution in [0.3, 0.4) is 0 Å². The number of anilines is 1. The first-order valence-electron chi connectivity index (χ1n) is 6.37. The minimum Gasteiger partial charge on any atom is -0.497 e. The molecule has 21 heavy (non-hydrogen) atoms. The second-order valence-corrected chi connectivity index (χ2v) is 5.46. The third-order valence-corrected chi connectivity index (χ3v) is 3.74. The van der Waals surface area contributed by atoms with Crippen molar-refractivity contribution in [2.75, 3.05) is 12.4 Å². The Morgan fingerprint density at radius 3 is 2.48 bits per heavy atom. The lowest BCUT2D eigenvalue weighted by Gasteiger charge is -2.05. The van der Waals surface area contributed by atoms with Crippen molar-refractivity contribution >= 4 is 28.2 Å². The van der Waals surface area contributed by atoms with E-state index >= 15 is 0 Å². The molecule has 5 nitrogen and oxygen atoms in total. The molecule has 0 spiro atoms. The van der Waals surface area contributed by atoms with Gasteiger partial charge in [-0.3, -0.25) is 9.59 Å². The molecular formula is C15H16N2O3S. The van der Waals surface area contributed by atoms with Gasteiger partial charge in [0.15, 0.2) is 0 Å². The average molecular weight is 304 g/mol. The fraction of sp³-hybridized carbons (Fsp3) is 0.200. The number of amides is 2. The standard InChI is InChI=1S/C15H16N2O3S/c1-10(18)17-14-8-7-13(21-14)15(19)16-9-11-3-5-12(20-2)6-4-11/h3-8H,9H2,1-2H3,(H,16,19)(H,17,18). The normalized spacial score (nSPS) is 10.0. The minimum atomic E-state index is -0.160. The monoisotopic (exact) mass is 304 g/mol. The van der Waals surface area contributed by atoms with Crippen molar-refractivity contribution in [3.63, 3.8) is 0 Å². The molecule has 1 aromatic carbocycles. The van der Waals surface area contributed by atoms with Crippen LogP contribution in [0.25, 0.3) is 0 Å². The molecule has 110 valence electrons. The molecule has 0 bridgehead atoms. The van der Waals surface area contributed by atoms with Crippen LogP contribution >= 0.6 is 11.3 Å². The summed E-state index contributed by atoms with van der Waals surface area (Å²) in [5.41, 5.74) is 0.989. The van der Waals surface area contributed by atoms with E-state index in [2.05, 4.69) is 10.6 Å².